The van der Waals surface area contributed by atoms with Crippen molar-refractivity contribution in [2.75, 3.05) is 6.54 Å². The molecule has 1 aromatic carbocycles. The maximum absolute atomic E-state index is 11.8. The first-order chi connectivity index (χ1) is 8.72. The lowest BCUT2D eigenvalue weighted by atomic mass is 10.2. The first kappa shape index (κ1) is 12.6. The van der Waals surface area contributed by atoms with Gasteiger partial charge in [-0.25, -0.2) is 0 Å². The topological polar surface area (TPSA) is 37.4 Å². The summed E-state index contributed by atoms with van der Waals surface area (Å²) < 4.78 is 0. The van der Waals surface area contributed by atoms with E-state index in [1.807, 2.05) is 36.4 Å². The molecule has 0 aromatic heterocycles. The Balaban J connectivity index is 2.09. The fraction of sp³-hybridized carbons (Fsp3) is 0.143. The lowest BCUT2D eigenvalue weighted by Gasteiger charge is -2.06. The van der Waals surface area contributed by atoms with Crippen LogP contribution in [0.15, 0.2) is 47.4 Å². The first-order valence-electron chi connectivity index (χ1n) is 5.69. The van der Waals surface area contributed by atoms with E-state index in [2.05, 4.69) is 0 Å². The third kappa shape index (κ3) is 2.71. The molecule has 2 rings (SSSR count). The smallest absolute Gasteiger partial charge is 0.269 e. The number of amides is 2. The molecule has 0 saturated carbocycles. The first-order valence-corrected chi connectivity index (χ1v) is 6.51. The molecule has 0 atom stereocenters. The molecule has 92 valence electrons. The second kappa shape index (κ2) is 5.69. The van der Waals surface area contributed by atoms with E-state index < -0.39 is 0 Å². The van der Waals surface area contributed by atoms with E-state index in [0.29, 0.717) is 11.4 Å². The average Bonchev–Trinajstić information content (AvgIpc) is 2.65. The summed E-state index contributed by atoms with van der Waals surface area (Å²) in [5.74, 6) is -0.204. The van der Waals surface area contributed by atoms with Gasteiger partial charge >= 0.3 is 0 Å². The molecule has 3 nitrogen and oxygen atoms in total. The number of rotatable bonds is 3. The summed E-state index contributed by atoms with van der Waals surface area (Å²) in [5.41, 5.74) is 1.06. The maximum Gasteiger partial charge on any atom is 0.293 e. The number of allylic oxidation sites excluding steroid dienone is 2. The van der Waals surface area contributed by atoms with Gasteiger partial charge in [0, 0.05) is 6.54 Å². The van der Waals surface area contributed by atoms with Gasteiger partial charge in [0.05, 0.1) is 4.91 Å². The molecule has 0 spiro atoms. The van der Waals surface area contributed by atoms with Gasteiger partial charge in [-0.1, -0.05) is 42.5 Å². The number of nitrogens with zero attached hydrogens (tertiary/aromatic N) is 1. The number of carbonyl (C=O) groups excluding carboxylic acids is 2. The quantitative estimate of drug-likeness (QED) is 0.782. The highest BCUT2D eigenvalue weighted by molar-refractivity contribution is 8.18. The molecule has 0 aliphatic carbocycles. The molecule has 1 fully saturated rings. The zero-order valence-electron chi connectivity index (χ0n) is 10.00. The van der Waals surface area contributed by atoms with Crippen LogP contribution in [0, 0.1) is 0 Å². The molecule has 1 aliphatic rings. The van der Waals surface area contributed by atoms with Crippen molar-refractivity contribution in [2.45, 2.75) is 6.92 Å². The van der Waals surface area contributed by atoms with E-state index in [1.54, 1.807) is 19.1 Å². The predicted octanol–water partition coefficient (Wildman–Crippen LogP) is 3.30. The molecule has 0 N–H and O–H groups in total. The Kier molecular flexibility index (Phi) is 3.99. The highest BCUT2D eigenvalue weighted by Crippen LogP contribution is 2.30. The second-order valence-corrected chi connectivity index (χ2v) is 4.71. The molecule has 18 heavy (non-hydrogen) atoms. The van der Waals surface area contributed by atoms with Crippen molar-refractivity contribution in [2.24, 2.45) is 0 Å². The summed E-state index contributed by atoms with van der Waals surface area (Å²) in [6.07, 6.45) is 5.38. The Labute approximate surface area is 110 Å². The van der Waals surface area contributed by atoms with Crippen molar-refractivity contribution >= 4 is 29.0 Å². The summed E-state index contributed by atoms with van der Waals surface area (Å²) in [6.45, 7) is 2.21. The van der Waals surface area contributed by atoms with Gasteiger partial charge in [-0.05, 0) is 30.3 Å². The molecule has 1 aliphatic heterocycles. The average molecular weight is 259 g/mol. The minimum atomic E-state index is -0.204. The van der Waals surface area contributed by atoms with Crippen molar-refractivity contribution in [3.8, 4) is 0 Å². The van der Waals surface area contributed by atoms with Gasteiger partial charge in [-0.2, -0.15) is 0 Å². The predicted molar refractivity (Wildman–Crippen MR) is 73.9 cm³/mol. The molecule has 2 amide bonds. The summed E-state index contributed by atoms with van der Waals surface area (Å²) in [7, 11) is 0. The van der Waals surface area contributed by atoms with Crippen LogP contribution >= 0.6 is 11.8 Å². The summed E-state index contributed by atoms with van der Waals surface area (Å²) in [6, 6.07) is 9.80. The Morgan fingerprint density at radius 3 is 2.56 bits per heavy atom. The van der Waals surface area contributed by atoms with Gasteiger partial charge in [0.15, 0.2) is 0 Å². The van der Waals surface area contributed by atoms with E-state index in [4.69, 9.17) is 0 Å². The number of hydrogen-bond acceptors (Lipinski definition) is 3. The summed E-state index contributed by atoms with van der Waals surface area (Å²) in [5, 5.41) is -0.193. The van der Waals surface area contributed by atoms with E-state index in [1.165, 1.54) is 4.90 Å². The van der Waals surface area contributed by atoms with Crippen LogP contribution in [0.25, 0.3) is 6.08 Å². The number of thioether (sulfide) groups is 1. The largest absolute Gasteiger partial charge is 0.293 e. The van der Waals surface area contributed by atoms with Gasteiger partial charge in [-0.15, -0.1) is 0 Å². The van der Waals surface area contributed by atoms with Crippen molar-refractivity contribution in [3.63, 3.8) is 0 Å². The number of hydrogen-bond donors (Lipinski definition) is 0. The minimum Gasteiger partial charge on any atom is -0.269 e. The van der Waals surface area contributed by atoms with Gasteiger partial charge in [0.25, 0.3) is 11.1 Å². The Morgan fingerprint density at radius 2 is 1.94 bits per heavy atom. The molecule has 0 bridgehead atoms. The van der Waals surface area contributed by atoms with E-state index in [0.717, 1.165) is 17.3 Å². The van der Waals surface area contributed by atoms with Crippen LogP contribution in [0.1, 0.15) is 12.5 Å². The SMILES string of the molecule is CCN1C(=O)S/C(=C/C=C\c2ccccc2)C1=O. The number of benzene rings is 1. The number of likely N-dealkylation sites (N-methyl/N-ethyl adjacent to an activating group) is 1. The van der Waals surface area contributed by atoms with Crippen LogP contribution in [-0.2, 0) is 4.79 Å². The van der Waals surface area contributed by atoms with Crippen molar-refractivity contribution < 1.29 is 9.59 Å². The van der Waals surface area contributed by atoms with Crippen molar-refractivity contribution in [1.82, 2.24) is 4.90 Å². The fourth-order valence-electron chi connectivity index (χ4n) is 1.60. The summed E-state index contributed by atoms with van der Waals surface area (Å²) in [4.78, 5) is 25.0. The third-order valence-electron chi connectivity index (χ3n) is 2.53. The molecular formula is C14H13NO2S. The molecule has 0 radical (unpaired) electrons. The van der Waals surface area contributed by atoms with Crippen LogP contribution in [-0.4, -0.2) is 22.6 Å². The van der Waals surface area contributed by atoms with E-state index in [-0.39, 0.29) is 11.1 Å². The van der Waals surface area contributed by atoms with Gasteiger partial charge < -0.3 is 0 Å². The number of imide groups is 1. The van der Waals surface area contributed by atoms with Crippen LogP contribution in [0.4, 0.5) is 4.79 Å². The van der Waals surface area contributed by atoms with E-state index in [9.17, 15) is 9.59 Å². The fourth-order valence-corrected chi connectivity index (χ4v) is 2.45. The Morgan fingerprint density at radius 1 is 1.22 bits per heavy atom. The van der Waals surface area contributed by atoms with Crippen molar-refractivity contribution in [1.29, 1.82) is 0 Å². The molecule has 1 aromatic rings. The van der Waals surface area contributed by atoms with Crippen LogP contribution in [0.3, 0.4) is 0 Å². The molecule has 1 heterocycles. The highest BCUT2D eigenvalue weighted by Gasteiger charge is 2.33. The molecule has 1 saturated heterocycles. The Hall–Kier alpha value is -1.81. The van der Waals surface area contributed by atoms with Gasteiger partial charge in [0.1, 0.15) is 0 Å². The second-order valence-electron chi connectivity index (χ2n) is 3.72. The van der Waals surface area contributed by atoms with Gasteiger partial charge in [-0.3, -0.25) is 14.5 Å². The minimum absolute atomic E-state index is 0.193. The zero-order chi connectivity index (χ0) is 13.0. The van der Waals surface area contributed by atoms with Crippen LogP contribution < -0.4 is 0 Å². The normalized spacial score (nSPS) is 18.3. The monoisotopic (exact) mass is 259 g/mol. The van der Waals surface area contributed by atoms with Gasteiger partial charge in [0.2, 0.25) is 0 Å². The lowest BCUT2D eigenvalue weighted by Crippen LogP contribution is -2.27. The standard InChI is InChI=1S/C14H13NO2S/c1-2-15-13(16)12(18-14(15)17)10-6-9-11-7-4-3-5-8-11/h3-10H,2H2,1H3/b9-6-,12-10+. The number of carbonyl (C=O) groups is 2. The zero-order valence-corrected chi connectivity index (χ0v) is 10.8. The van der Waals surface area contributed by atoms with Crippen LogP contribution in [0.2, 0.25) is 0 Å². The Bertz CT molecular complexity index is 520. The molecule has 0 unspecified atom stereocenters. The molecule has 4 heteroatoms. The highest BCUT2D eigenvalue weighted by atomic mass is 32.2. The van der Waals surface area contributed by atoms with Crippen molar-refractivity contribution in [3.05, 3.63) is 53.0 Å². The molecular weight excluding hydrogens is 246 g/mol. The van der Waals surface area contributed by atoms with E-state index >= 15 is 0 Å². The third-order valence-corrected chi connectivity index (χ3v) is 3.45. The maximum atomic E-state index is 11.8. The lowest BCUT2D eigenvalue weighted by molar-refractivity contribution is -0.122. The van der Waals surface area contributed by atoms with Crippen LogP contribution in [0.5, 0.6) is 0 Å². The summed E-state index contributed by atoms with van der Waals surface area (Å²) >= 11 is 0.989.